The second-order valence-corrected chi connectivity index (χ2v) is 10.3. The quantitative estimate of drug-likeness (QED) is 0.305. The first-order valence-electron chi connectivity index (χ1n) is 10.7. The van der Waals surface area contributed by atoms with Crippen LogP contribution in [0.4, 0.5) is 0 Å². The van der Waals surface area contributed by atoms with E-state index in [0.717, 1.165) is 26.5 Å². The molecule has 5 nitrogen and oxygen atoms in total. The van der Waals surface area contributed by atoms with E-state index in [1.165, 1.54) is 15.9 Å². The SMILES string of the molecule is COc1ccc(/C=c2\s/c(=C\c3nc4ccccc4s3)n(CC(=O)c3ccc(Cl)cc3)c2=O)cc1. The lowest BCUT2D eigenvalue weighted by Gasteiger charge is -2.02. The zero-order valence-corrected chi connectivity index (χ0v) is 21.0. The largest absolute Gasteiger partial charge is 0.497 e. The van der Waals surface area contributed by atoms with Gasteiger partial charge in [-0.05, 0) is 60.2 Å². The molecule has 0 spiro atoms. The highest BCUT2D eigenvalue weighted by Crippen LogP contribution is 2.21. The van der Waals surface area contributed by atoms with Crippen LogP contribution in [0.1, 0.15) is 20.9 Å². The zero-order chi connectivity index (χ0) is 24.4. The molecule has 0 saturated heterocycles. The van der Waals surface area contributed by atoms with E-state index in [0.29, 0.717) is 19.8 Å². The van der Waals surface area contributed by atoms with Crippen LogP contribution in [0, 0.1) is 0 Å². The molecule has 0 aliphatic heterocycles. The number of methoxy groups -OCH3 is 1. The van der Waals surface area contributed by atoms with Gasteiger partial charge >= 0.3 is 0 Å². The maximum Gasteiger partial charge on any atom is 0.269 e. The summed E-state index contributed by atoms with van der Waals surface area (Å²) in [5, 5.41) is 1.33. The van der Waals surface area contributed by atoms with Gasteiger partial charge < -0.3 is 4.74 Å². The minimum Gasteiger partial charge on any atom is -0.497 e. The number of benzene rings is 3. The molecule has 35 heavy (non-hydrogen) atoms. The second kappa shape index (κ2) is 10.00. The van der Waals surface area contributed by atoms with Gasteiger partial charge in [0.25, 0.3) is 5.56 Å². The molecule has 0 N–H and O–H groups in total. The molecule has 0 atom stereocenters. The predicted octanol–water partition coefficient (Wildman–Crippen LogP) is 4.72. The van der Waals surface area contributed by atoms with E-state index >= 15 is 0 Å². The summed E-state index contributed by atoms with van der Waals surface area (Å²) < 4.78 is 8.99. The highest BCUT2D eigenvalue weighted by atomic mass is 35.5. The number of ketones is 1. The molecule has 0 unspecified atom stereocenters. The normalized spacial score (nSPS) is 12.4. The van der Waals surface area contributed by atoms with E-state index in [4.69, 9.17) is 16.3 Å². The molecule has 3 aromatic carbocycles. The average molecular weight is 519 g/mol. The van der Waals surface area contributed by atoms with Crippen LogP contribution in [0.5, 0.6) is 5.75 Å². The molecule has 0 radical (unpaired) electrons. The van der Waals surface area contributed by atoms with Crippen molar-refractivity contribution in [2.45, 2.75) is 6.54 Å². The number of carbonyl (C=O) groups excluding carboxylic acids is 1. The lowest BCUT2D eigenvalue weighted by Crippen LogP contribution is -2.34. The number of Topliss-reactive ketones (excluding diaryl/α,β-unsaturated/α-hetero) is 1. The Morgan fingerprint density at radius 3 is 2.46 bits per heavy atom. The van der Waals surface area contributed by atoms with Crippen molar-refractivity contribution < 1.29 is 9.53 Å². The molecule has 2 heterocycles. The molecule has 0 aliphatic rings. The van der Waals surface area contributed by atoms with Crippen molar-refractivity contribution in [1.82, 2.24) is 9.55 Å². The maximum atomic E-state index is 13.4. The van der Waals surface area contributed by atoms with Crippen molar-refractivity contribution in [3.05, 3.63) is 114 Å². The average Bonchev–Trinajstić information content (AvgIpc) is 3.41. The van der Waals surface area contributed by atoms with Crippen LogP contribution in [0.2, 0.25) is 5.02 Å². The monoisotopic (exact) mass is 518 g/mol. The Labute approximate surface area is 213 Å². The Kier molecular flexibility index (Phi) is 6.63. The van der Waals surface area contributed by atoms with Gasteiger partial charge in [-0.15, -0.1) is 22.7 Å². The molecule has 174 valence electrons. The van der Waals surface area contributed by atoms with E-state index in [9.17, 15) is 9.59 Å². The molecular formula is C27H19ClN2O3S2. The lowest BCUT2D eigenvalue weighted by atomic mass is 10.1. The van der Waals surface area contributed by atoms with Gasteiger partial charge in [-0.2, -0.15) is 0 Å². The van der Waals surface area contributed by atoms with Crippen molar-refractivity contribution in [3.8, 4) is 5.75 Å². The van der Waals surface area contributed by atoms with Crippen LogP contribution in [0.25, 0.3) is 22.4 Å². The van der Waals surface area contributed by atoms with Crippen LogP contribution in [-0.4, -0.2) is 22.4 Å². The number of halogens is 1. The Balaban J connectivity index is 1.62. The summed E-state index contributed by atoms with van der Waals surface area (Å²) in [5.41, 5.74) is 2.04. The van der Waals surface area contributed by atoms with Crippen molar-refractivity contribution >= 4 is 62.4 Å². The predicted molar refractivity (Wildman–Crippen MR) is 143 cm³/mol. The summed E-state index contributed by atoms with van der Waals surface area (Å²) in [6.07, 6.45) is 3.70. The number of rotatable bonds is 6. The van der Waals surface area contributed by atoms with Crippen molar-refractivity contribution in [2.75, 3.05) is 7.11 Å². The Bertz CT molecular complexity index is 1670. The molecular weight excluding hydrogens is 500 g/mol. The number of nitrogens with zero attached hydrogens (tertiary/aromatic N) is 2. The summed E-state index contributed by atoms with van der Waals surface area (Å²) in [5.74, 6) is 0.570. The molecule has 0 fully saturated rings. The van der Waals surface area contributed by atoms with Gasteiger partial charge in [0.05, 0.1) is 28.4 Å². The van der Waals surface area contributed by atoms with Crippen LogP contribution >= 0.6 is 34.3 Å². The fourth-order valence-corrected chi connectivity index (χ4v) is 5.72. The van der Waals surface area contributed by atoms with Gasteiger partial charge in [-0.1, -0.05) is 35.9 Å². The number of fused-ring (bicyclic) bond motifs is 1. The molecule has 5 aromatic rings. The molecule has 8 heteroatoms. The van der Waals surface area contributed by atoms with Gasteiger partial charge in [-0.25, -0.2) is 4.98 Å². The summed E-state index contributed by atoms with van der Waals surface area (Å²) >= 11 is 8.84. The third kappa shape index (κ3) is 5.12. The van der Waals surface area contributed by atoms with Gasteiger partial charge in [0.1, 0.15) is 15.4 Å². The molecule has 0 amide bonds. The van der Waals surface area contributed by atoms with Crippen LogP contribution < -0.4 is 19.5 Å². The Hall–Kier alpha value is -3.52. The molecule has 0 aliphatic carbocycles. The summed E-state index contributed by atoms with van der Waals surface area (Å²) in [7, 11) is 1.61. The standard InChI is InChI=1S/C27H19ClN2O3S2/c1-33-20-12-6-17(7-13-20)14-24-27(32)30(16-22(31)18-8-10-19(28)11-9-18)26(35-24)15-25-29-21-4-2-3-5-23(21)34-25/h2-15H,16H2,1H3/b24-14-,26-15-. The summed E-state index contributed by atoms with van der Waals surface area (Å²) in [6.45, 7) is -0.0792. The summed E-state index contributed by atoms with van der Waals surface area (Å²) in [4.78, 5) is 31.1. The van der Waals surface area contributed by atoms with Crippen molar-refractivity contribution in [1.29, 1.82) is 0 Å². The highest BCUT2D eigenvalue weighted by Gasteiger charge is 2.13. The molecule has 0 saturated carbocycles. The Morgan fingerprint density at radius 2 is 1.74 bits per heavy atom. The number of hydrogen-bond acceptors (Lipinski definition) is 6. The van der Waals surface area contributed by atoms with Crippen LogP contribution in [0.15, 0.2) is 77.6 Å². The first-order valence-corrected chi connectivity index (χ1v) is 12.7. The van der Waals surface area contributed by atoms with Crippen LogP contribution in [-0.2, 0) is 6.54 Å². The molecule has 0 bridgehead atoms. The van der Waals surface area contributed by atoms with E-state index in [1.807, 2.05) is 60.7 Å². The second-order valence-electron chi connectivity index (χ2n) is 7.71. The number of aromatic nitrogens is 2. The maximum absolute atomic E-state index is 13.4. The number of para-hydroxylation sites is 1. The highest BCUT2D eigenvalue weighted by molar-refractivity contribution is 7.19. The minimum absolute atomic E-state index is 0.0792. The first-order chi connectivity index (χ1) is 17.0. The minimum atomic E-state index is -0.222. The first kappa shape index (κ1) is 23.2. The van der Waals surface area contributed by atoms with Crippen molar-refractivity contribution in [3.63, 3.8) is 0 Å². The van der Waals surface area contributed by atoms with E-state index in [2.05, 4.69) is 4.98 Å². The fraction of sp³-hybridized carbons (Fsp3) is 0.0741. The number of hydrogen-bond donors (Lipinski definition) is 0. The van der Waals surface area contributed by atoms with Crippen LogP contribution in [0.3, 0.4) is 0 Å². The van der Waals surface area contributed by atoms with Gasteiger partial charge in [0, 0.05) is 16.7 Å². The zero-order valence-electron chi connectivity index (χ0n) is 18.6. The number of thiazole rings is 2. The van der Waals surface area contributed by atoms with E-state index < -0.39 is 0 Å². The third-order valence-corrected chi connectivity index (χ3v) is 7.67. The van der Waals surface area contributed by atoms with Crippen molar-refractivity contribution in [2.24, 2.45) is 0 Å². The summed E-state index contributed by atoms with van der Waals surface area (Å²) in [6, 6.07) is 22.0. The number of carbonyl (C=O) groups is 1. The molecule has 2 aromatic heterocycles. The fourth-order valence-electron chi connectivity index (χ4n) is 3.57. The third-order valence-electron chi connectivity index (χ3n) is 5.38. The Morgan fingerprint density at radius 1 is 1.00 bits per heavy atom. The van der Waals surface area contributed by atoms with Gasteiger partial charge in [-0.3, -0.25) is 14.2 Å². The van der Waals surface area contributed by atoms with Gasteiger partial charge in [0.2, 0.25) is 0 Å². The lowest BCUT2D eigenvalue weighted by molar-refractivity contribution is 0.0970. The van der Waals surface area contributed by atoms with E-state index in [-0.39, 0.29) is 17.9 Å². The topological polar surface area (TPSA) is 61.2 Å². The van der Waals surface area contributed by atoms with Gasteiger partial charge in [0.15, 0.2) is 5.78 Å². The molecule has 5 rings (SSSR count). The smallest absolute Gasteiger partial charge is 0.269 e. The number of ether oxygens (including phenoxy) is 1. The van der Waals surface area contributed by atoms with E-state index in [1.54, 1.807) is 42.7 Å².